The van der Waals surface area contributed by atoms with Gasteiger partial charge in [0.1, 0.15) is 11.8 Å². The van der Waals surface area contributed by atoms with Crippen molar-refractivity contribution in [3.05, 3.63) is 47.7 Å². The lowest BCUT2D eigenvalue weighted by Gasteiger charge is -2.33. The van der Waals surface area contributed by atoms with E-state index in [1.807, 2.05) is 6.07 Å². The van der Waals surface area contributed by atoms with Gasteiger partial charge in [0.2, 0.25) is 0 Å². The number of hydrogen-bond acceptors (Lipinski definition) is 2. The number of allylic oxidation sites excluding steroid dienone is 2. The fourth-order valence-electron chi connectivity index (χ4n) is 3.42. The van der Waals surface area contributed by atoms with Crippen LogP contribution in [0.25, 0.3) is 0 Å². The van der Waals surface area contributed by atoms with E-state index in [-0.39, 0.29) is 0 Å². The fraction of sp³-hybridized carbons (Fsp3) is 0.550. The van der Waals surface area contributed by atoms with E-state index < -0.39 is 0 Å². The molecule has 2 heteroatoms. The van der Waals surface area contributed by atoms with Crippen molar-refractivity contribution < 1.29 is 0 Å². The number of nitriles is 1. The van der Waals surface area contributed by atoms with Crippen LogP contribution in [0.1, 0.15) is 57.4 Å². The van der Waals surface area contributed by atoms with E-state index >= 15 is 0 Å². The first-order chi connectivity index (χ1) is 10.6. The lowest BCUT2D eigenvalue weighted by atomic mass is 9.87. The Morgan fingerprint density at radius 2 is 1.82 bits per heavy atom. The van der Waals surface area contributed by atoms with Gasteiger partial charge in [-0.15, -0.1) is 0 Å². The molecule has 0 aliphatic heterocycles. The summed E-state index contributed by atoms with van der Waals surface area (Å²) < 4.78 is 0. The maximum absolute atomic E-state index is 9.64. The molecular formula is C20H28N2. The van der Waals surface area contributed by atoms with Gasteiger partial charge in [-0.1, -0.05) is 63.4 Å². The molecule has 1 unspecified atom stereocenters. The zero-order valence-electron chi connectivity index (χ0n) is 14.1. The second-order valence-corrected chi connectivity index (χ2v) is 6.75. The van der Waals surface area contributed by atoms with Gasteiger partial charge < -0.3 is 4.90 Å². The van der Waals surface area contributed by atoms with Crippen LogP contribution in [0.2, 0.25) is 0 Å². The van der Waals surface area contributed by atoms with Crippen molar-refractivity contribution in [1.29, 1.82) is 5.26 Å². The van der Waals surface area contributed by atoms with Crippen molar-refractivity contribution in [1.82, 2.24) is 4.90 Å². The van der Waals surface area contributed by atoms with Crippen LogP contribution in [-0.2, 0) is 0 Å². The summed E-state index contributed by atoms with van der Waals surface area (Å²) in [6, 6.07) is 13.5. The molecule has 0 amide bonds. The summed E-state index contributed by atoms with van der Waals surface area (Å²) in [6.07, 6.45) is 8.53. The molecule has 2 nitrogen and oxygen atoms in total. The lowest BCUT2D eigenvalue weighted by Crippen LogP contribution is -2.32. The molecule has 0 bridgehead atoms. The molecule has 0 aromatic heterocycles. The van der Waals surface area contributed by atoms with Crippen molar-refractivity contribution in [2.24, 2.45) is 5.92 Å². The van der Waals surface area contributed by atoms with Gasteiger partial charge in [0.05, 0.1) is 0 Å². The Hall–Kier alpha value is -1.75. The van der Waals surface area contributed by atoms with Gasteiger partial charge in [-0.25, -0.2) is 0 Å². The smallest absolute Gasteiger partial charge is 0.117 e. The SMILES string of the molecule is CC(C)C(C=C(C#N)N(C)C1CCCCC1)c1ccccc1. The van der Waals surface area contributed by atoms with E-state index in [1.54, 1.807) is 0 Å². The second kappa shape index (κ2) is 8.03. The highest BCUT2D eigenvalue weighted by Crippen LogP contribution is 2.29. The molecule has 1 fully saturated rings. The minimum atomic E-state index is 0.293. The van der Waals surface area contributed by atoms with Crippen LogP contribution < -0.4 is 0 Å². The summed E-state index contributed by atoms with van der Waals surface area (Å²) >= 11 is 0. The van der Waals surface area contributed by atoms with Crippen LogP contribution in [0.4, 0.5) is 0 Å². The molecule has 1 aliphatic rings. The fourth-order valence-corrected chi connectivity index (χ4v) is 3.42. The Morgan fingerprint density at radius 3 is 2.36 bits per heavy atom. The molecule has 0 radical (unpaired) electrons. The summed E-state index contributed by atoms with van der Waals surface area (Å²) in [5.74, 6) is 0.771. The van der Waals surface area contributed by atoms with E-state index in [0.29, 0.717) is 17.9 Å². The topological polar surface area (TPSA) is 27.0 Å². The number of rotatable bonds is 5. The van der Waals surface area contributed by atoms with E-state index in [0.717, 1.165) is 5.70 Å². The van der Waals surface area contributed by atoms with Crippen molar-refractivity contribution >= 4 is 0 Å². The van der Waals surface area contributed by atoms with Crippen molar-refractivity contribution in [3.63, 3.8) is 0 Å². The normalized spacial score (nSPS) is 18.0. The van der Waals surface area contributed by atoms with E-state index in [2.05, 4.69) is 62.2 Å². The third kappa shape index (κ3) is 4.13. The molecule has 0 spiro atoms. The van der Waals surface area contributed by atoms with Crippen molar-refractivity contribution in [2.75, 3.05) is 7.05 Å². The molecule has 0 saturated heterocycles. The maximum Gasteiger partial charge on any atom is 0.117 e. The number of hydrogen-bond donors (Lipinski definition) is 0. The predicted octanol–water partition coefficient (Wildman–Crippen LogP) is 5.10. The molecule has 1 saturated carbocycles. The van der Waals surface area contributed by atoms with E-state index in [1.165, 1.54) is 37.7 Å². The Morgan fingerprint density at radius 1 is 1.18 bits per heavy atom. The Labute approximate surface area is 135 Å². The molecule has 22 heavy (non-hydrogen) atoms. The van der Waals surface area contributed by atoms with Crippen molar-refractivity contribution in [2.45, 2.75) is 57.9 Å². The van der Waals surface area contributed by atoms with Gasteiger partial charge in [-0.05, 0) is 30.4 Å². The third-order valence-corrected chi connectivity index (χ3v) is 4.86. The standard InChI is InChI=1S/C20H28N2/c1-16(2)20(17-10-6-4-7-11-17)14-19(15-21)22(3)18-12-8-5-9-13-18/h4,6-7,10-11,14,16,18,20H,5,8-9,12-13H2,1-3H3. The second-order valence-electron chi connectivity index (χ2n) is 6.75. The number of benzene rings is 1. The van der Waals surface area contributed by atoms with Gasteiger partial charge >= 0.3 is 0 Å². The van der Waals surface area contributed by atoms with Crippen LogP contribution in [0.5, 0.6) is 0 Å². The minimum absolute atomic E-state index is 0.293. The maximum atomic E-state index is 9.64. The van der Waals surface area contributed by atoms with Crippen LogP contribution in [0.3, 0.4) is 0 Å². The summed E-state index contributed by atoms with van der Waals surface area (Å²) in [5.41, 5.74) is 2.12. The van der Waals surface area contributed by atoms with Gasteiger partial charge in [0.15, 0.2) is 0 Å². The predicted molar refractivity (Wildman–Crippen MR) is 92.4 cm³/mol. The molecular weight excluding hydrogens is 268 g/mol. The van der Waals surface area contributed by atoms with E-state index in [9.17, 15) is 5.26 Å². The Balaban J connectivity index is 2.22. The van der Waals surface area contributed by atoms with Crippen LogP contribution in [0.15, 0.2) is 42.1 Å². The highest BCUT2D eigenvalue weighted by atomic mass is 15.1. The molecule has 1 atom stereocenters. The van der Waals surface area contributed by atoms with Crippen LogP contribution >= 0.6 is 0 Å². The number of nitrogens with zero attached hydrogens (tertiary/aromatic N) is 2. The monoisotopic (exact) mass is 296 g/mol. The molecule has 1 aromatic carbocycles. The highest BCUT2D eigenvalue weighted by Gasteiger charge is 2.22. The molecule has 118 valence electrons. The van der Waals surface area contributed by atoms with Gasteiger partial charge in [0.25, 0.3) is 0 Å². The van der Waals surface area contributed by atoms with Gasteiger partial charge in [-0.3, -0.25) is 0 Å². The van der Waals surface area contributed by atoms with Crippen molar-refractivity contribution in [3.8, 4) is 6.07 Å². The lowest BCUT2D eigenvalue weighted by molar-refractivity contribution is 0.242. The summed E-state index contributed by atoms with van der Waals surface area (Å²) in [6.45, 7) is 4.45. The molecule has 1 aliphatic carbocycles. The van der Waals surface area contributed by atoms with Crippen LogP contribution in [-0.4, -0.2) is 18.0 Å². The summed E-state index contributed by atoms with van der Waals surface area (Å²) in [7, 11) is 2.09. The quantitative estimate of drug-likeness (QED) is 0.707. The molecule has 0 N–H and O–H groups in total. The summed E-state index contributed by atoms with van der Waals surface area (Å²) in [4.78, 5) is 2.22. The average molecular weight is 296 g/mol. The first-order valence-electron chi connectivity index (χ1n) is 8.53. The largest absolute Gasteiger partial charge is 0.363 e. The minimum Gasteiger partial charge on any atom is -0.363 e. The Kier molecular flexibility index (Phi) is 6.07. The first kappa shape index (κ1) is 16.6. The molecule has 1 aromatic rings. The van der Waals surface area contributed by atoms with E-state index in [4.69, 9.17) is 0 Å². The average Bonchev–Trinajstić information content (AvgIpc) is 2.56. The summed E-state index contributed by atoms with van der Waals surface area (Å²) in [5, 5.41) is 9.64. The third-order valence-electron chi connectivity index (χ3n) is 4.86. The van der Waals surface area contributed by atoms with Crippen LogP contribution in [0, 0.1) is 17.2 Å². The first-order valence-corrected chi connectivity index (χ1v) is 8.53. The van der Waals surface area contributed by atoms with Gasteiger partial charge in [0, 0.05) is 19.0 Å². The highest BCUT2D eigenvalue weighted by molar-refractivity contribution is 5.30. The zero-order valence-corrected chi connectivity index (χ0v) is 14.1. The zero-order chi connectivity index (χ0) is 15.9. The molecule has 2 rings (SSSR count). The van der Waals surface area contributed by atoms with Gasteiger partial charge in [-0.2, -0.15) is 5.26 Å². The molecule has 0 heterocycles. The Bertz CT molecular complexity index is 518.